The van der Waals surface area contributed by atoms with E-state index in [1.807, 2.05) is 38.4 Å². The van der Waals surface area contributed by atoms with Crippen LogP contribution >= 0.6 is 0 Å². The minimum Gasteiger partial charge on any atom is -0.494 e. The Bertz CT molecular complexity index is 1220. The molecule has 12 heteroatoms. The van der Waals surface area contributed by atoms with Crippen molar-refractivity contribution in [1.82, 2.24) is 29.3 Å². The Morgan fingerprint density at radius 1 is 1.05 bits per heavy atom. The number of methoxy groups -OCH3 is 1. The van der Waals surface area contributed by atoms with Gasteiger partial charge in [-0.05, 0) is 44.6 Å². The van der Waals surface area contributed by atoms with Crippen LogP contribution in [0.2, 0.25) is 0 Å². The Morgan fingerprint density at radius 2 is 1.79 bits per heavy atom. The number of nitrogen functional groups attached to an aromatic ring is 1. The van der Waals surface area contributed by atoms with Crippen molar-refractivity contribution in [1.29, 1.82) is 0 Å². The van der Waals surface area contributed by atoms with Gasteiger partial charge in [-0.1, -0.05) is 25.5 Å². The molecule has 0 spiro atoms. The highest BCUT2D eigenvalue weighted by atomic mass is 16.5. The zero-order valence-electron chi connectivity index (χ0n) is 22.7. The molecular formula is C26H39N7O5. The number of ether oxygens (including phenoxy) is 3. The fourth-order valence-electron chi connectivity index (χ4n) is 3.76. The number of aromatic nitrogens is 4. The van der Waals surface area contributed by atoms with E-state index in [0.29, 0.717) is 30.9 Å². The van der Waals surface area contributed by atoms with Crippen LogP contribution in [0.15, 0.2) is 29.1 Å². The number of hydrogen-bond donors (Lipinski definition) is 2. The first kappa shape index (κ1) is 28.9. The summed E-state index contributed by atoms with van der Waals surface area (Å²) in [5.41, 5.74) is 7.41. The van der Waals surface area contributed by atoms with Gasteiger partial charge in [-0.15, -0.1) is 0 Å². The van der Waals surface area contributed by atoms with E-state index in [9.17, 15) is 9.59 Å². The SMILES string of the molecule is CCCCOc1nc(N)c2[nH]c(=O)n(Cc3ccc(OCCCN(CCN(C)C)CC(=O)OC)cc3)c2n1. The van der Waals surface area contributed by atoms with Gasteiger partial charge < -0.3 is 29.8 Å². The highest BCUT2D eigenvalue weighted by molar-refractivity contribution is 5.82. The topological polar surface area (TPSA) is 141 Å². The van der Waals surface area contributed by atoms with Crippen molar-refractivity contribution in [3.63, 3.8) is 0 Å². The summed E-state index contributed by atoms with van der Waals surface area (Å²) in [6.07, 6.45) is 2.62. The molecule has 0 bridgehead atoms. The molecule has 3 aromatic rings. The fourth-order valence-corrected chi connectivity index (χ4v) is 3.76. The van der Waals surface area contributed by atoms with E-state index in [1.54, 1.807) is 0 Å². The molecule has 0 aliphatic carbocycles. The highest BCUT2D eigenvalue weighted by Gasteiger charge is 2.15. The molecule has 208 valence electrons. The Hall–Kier alpha value is -3.64. The van der Waals surface area contributed by atoms with Gasteiger partial charge in [0.2, 0.25) is 0 Å². The fraction of sp³-hybridized carbons (Fsp3) is 0.538. The van der Waals surface area contributed by atoms with E-state index >= 15 is 0 Å². The van der Waals surface area contributed by atoms with E-state index < -0.39 is 0 Å². The smallest absolute Gasteiger partial charge is 0.328 e. The molecule has 0 unspecified atom stereocenters. The number of likely N-dealkylation sites (N-methyl/N-ethyl adjacent to an activating group) is 1. The summed E-state index contributed by atoms with van der Waals surface area (Å²) in [7, 11) is 5.40. The van der Waals surface area contributed by atoms with E-state index in [0.717, 1.165) is 50.2 Å². The zero-order valence-corrected chi connectivity index (χ0v) is 22.7. The minimum absolute atomic E-state index is 0.159. The number of nitrogens with zero attached hydrogens (tertiary/aromatic N) is 5. The summed E-state index contributed by atoms with van der Waals surface area (Å²) in [4.78, 5) is 39.7. The van der Waals surface area contributed by atoms with Crippen molar-refractivity contribution in [2.24, 2.45) is 0 Å². The molecule has 0 amide bonds. The van der Waals surface area contributed by atoms with Crippen molar-refractivity contribution in [2.45, 2.75) is 32.7 Å². The molecule has 0 aliphatic heterocycles. The van der Waals surface area contributed by atoms with Crippen LogP contribution in [0.1, 0.15) is 31.7 Å². The number of hydrogen-bond acceptors (Lipinski definition) is 10. The van der Waals surface area contributed by atoms with Crippen LogP contribution in [0.3, 0.4) is 0 Å². The van der Waals surface area contributed by atoms with Gasteiger partial charge >= 0.3 is 17.7 Å². The number of aromatic amines is 1. The number of anilines is 1. The van der Waals surface area contributed by atoms with Crippen molar-refractivity contribution in [3.05, 3.63) is 40.3 Å². The Labute approximate surface area is 222 Å². The number of nitrogens with two attached hydrogens (primary N) is 1. The van der Waals surface area contributed by atoms with E-state index in [1.165, 1.54) is 11.7 Å². The van der Waals surface area contributed by atoms with E-state index in [-0.39, 0.29) is 30.0 Å². The molecule has 0 aliphatic rings. The lowest BCUT2D eigenvalue weighted by Crippen LogP contribution is -2.37. The monoisotopic (exact) mass is 529 g/mol. The molecule has 3 rings (SSSR count). The molecule has 3 N–H and O–H groups in total. The summed E-state index contributed by atoms with van der Waals surface area (Å²) in [6, 6.07) is 7.72. The van der Waals surface area contributed by atoms with Crippen LogP contribution in [-0.4, -0.2) is 95.9 Å². The molecule has 2 heterocycles. The third-order valence-electron chi connectivity index (χ3n) is 5.95. The van der Waals surface area contributed by atoms with Gasteiger partial charge in [0.05, 0.1) is 33.4 Å². The molecule has 0 atom stereocenters. The van der Waals surface area contributed by atoms with Crippen molar-refractivity contribution in [3.8, 4) is 11.8 Å². The maximum absolute atomic E-state index is 12.6. The van der Waals surface area contributed by atoms with E-state index in [4.69, 9.17) is 19.9 Å². The number of esters is 1. The van der Waals surface area contributed by atoms with Crippen LogP contribution in [0.4, 0.5) is 5.82 Å². The first-order chi connectivity index (χ1) is 18.3. The quantitative estimate of drug-likeness (QED) is 0.208. The van der Waals surface area contributed by atoms with E-state index in [2.05, 4.69) is 31.7 Å². The third-order valence-corrected chi connectivity index (χ3v) is 5.95. The molecule has 12 nitrogen and oxygen atoms in total. The number of fused-ring (bicyclic) bond motifs is 1. The average Bonchev–Trinajstić information content (AvgIpc) is 3.21. The number of rotatable bonds is 16. The maximum atomic E-state index is 12.6. The number of carbonyl (C=O) groups excluding carboxylic acids is 1. The van der Waals surface area contributed by atoms with Gasteiger partial charge in [-0.3, -0.25) is 14.3 Å². The lowest BCUT2D eigenvalue weighted by molar-refractivity contribution is -0.142. The second kappa shape index (κ2) is 14.3. The van der Waals surface area contributed by atoms with Gasteiger partial charge in [0, 0.05) is 19.6 Å². The normalized spacial score (nSPS) is 11.4. The highest BCUT2D eigenvalue weighted by Crippen LogP contribution is 2.19. The van der Waals surface area contributed by atoms with Gasteiger partial charge in [0.1, 0.15) is 11.3 Å². The van der Waals surface area contributed by atoms with Crippen molar-refractivity contribution < 1.29 is 19.0 Å². The number of benzene rings is 1. The predicted octanol–water partition coefficient (Wildman–Crippen LogP) is 1.73. The van der Waals surface area contributed by atoms with Crippen LogP contribution in [-0.2, 0) is 16.1 Å². The summed E-state index contributed by atoms with van der Waals surface area (Å²) < 4.78 is 17.8. The van der Waals surface area contributed by atoms with Crippen LogP contribution < -0.4 is 20.9 Å². The Kier molecular flexibility index (Phi) is 10.9. The molecule has 2 aromatic heterocycles. The summed E-state index contributed by atoms with van der Waals surface area (Å²) in [5.74, 6) is 0.655. The minimum atomic E-state index is -0.321. The number of unbranched alkanes of at least 4 members (excludes halogenated alkanes) is 1. The van der Waals surface area contributed by atoms with Gasteiger partial charge in [0.25, 0.3) is 0 Å². The predicted molar refractivity (Wildman–Crippen MR) is 146 cm³/mol. The van der Waals surface area contributed by atoms with Gasteiger partial charge in [0.15, 0.2) is 11.5 Å². The molecule has 0 saturated heterocycles. The van der Waals surface area contributed by atoms with Crippen LogP contribution in [0.5, 0.6) is 11.8 Å². The lowest BCUT2D eigenvalue weighted by atomic mass is 10.2. The molecule has 38 heavy (non-hydrogen) atoms. The zero-order chi connectivity index (χ0) is 27.5. The first-order valence-corrected chi connectivity index (χ1v) is 12.8. The second-order valence-corrected chi connectivity index (χ2v) is 9.31. The van der Waals surface area contributed by atoms with Crippen molar-refractivity contribution in [2.75, 3.05) is 66.3 Å². The van der Waals surface area contributed by atoms with Crippen LogP contribution in [0, 0.1) is 0 Å². The molecule has 1 aromatic carbocycles. The number of H-pyrrole nitrogens is 1. The van der Waals surface area contributed by atoms with Gasteiger partial charge in [-0.2, -0.15) is 9.97 Å². The van der Waals surface area contributed by atoms with Crippen LogP contribution in [0.25, 0.3) is 11.2 Å². The molecule has 0 radical (unpaired) electrons. The molecular weight excluding hydrogens is 490 g/mol. The number of imidazole rings is 1. The average molecular weight is 530 g/mol. The summed E-state index contributed by atoms with van der Waals surface area (Å²) >= 11 is 0. The second-order valence-electron chi connectivity index (χ2n) is 9.31. The Morgan fingerprint density at radius 3 is 2.47 bits per heavy atom. The first-order valence-electron chi connectivity index (χ1n) is 12.8. The lowest BCUT2D eigenvalue weighted by Gasteiger charge is -2.22. The number of nitrogens with one attached hydrogen (secondary N) is 1. The summed E-state index contributed by atoms with van der Waals surface area (Å²) in [5, 5.41) is 0. The summed E-state index contributed by atoms with van der Waals surface area (Å²) in [6.45, 7) is 5.97. The molecule has 0 saturated carbocycles. The molecule has 0 fully saturated rings. The van der Waals surface area contributed by atoms with Gasteiger partial charge in [-0.25, -0.2) is 4.79 Å². The Balaban J connectivity index is 1.57. The maximum Gasteiger partial charge on any atom is 0.328 e. The third kappa shape index (κ3) is 8.45. The largest absolute Gasteiger partial charge is 0.494 e. The standard InChI is InChI=1S/C26H39N7O5/c1-5-6-15-38-25-29-23(27)22-24(30-25)33(26(35)28-22)17-19-8-10-20(11-9-19)37-16-7-12-32(14-13-31(2)3)18-21(34)36-4/h8-11H,5-7,12-18H2,1-4H3,(H,28,35)(H2,27,29,30). The number of carbonyl (C=O) groups is 1. The van der Waals surface area contributed by atoms with Crippen molar-refractivity contribution >= 4 is 23.0 Å².